The van der Waals surface area contributed by atoms with Gasteiger partial charge in [0, 0.05) is 24.8 Å². The standard InChI is InChI=1S/C18H22N2O/c1-14-16(11-6-12-17(14)19)18(21)20(2)13-7-10-15-8-4-3-5-9-15/h3-6,8-9,11-12H,7,10,13,19H2,1-2H3. The highest BCUT2D eigenvalue weighted by molar-refractivity contribution is 5.96. The van der Waals surface area contributed by atoms with E-state index in [1.165, 1.54) is 5.56 Å². The highest BCUT2D eigenvalue weighted by Crippen LogP contribution is 2.17. The molecule has 2 N–H and O–H groups in total. The van der Waals surface area contributed by atoms with Crippen LogP contribution in [0.3, 0.4) is 0 Å². The first kappa shape index (κ1) is 15.1. The summed E-state index contributed by atoms with van der Waals surface area (Å²) in [5.74, 6) is 0.0351. The Bertz CT molecular complexity index is 608. The number of amides is 1. The lowest BCUT2D eigenvalue weighted by Crippen LogP contribution is -2.28. The second-order valence-corrected chi connectivity index (χ2v) is 5.34. The average molecular weight is 282 g/mol. The molecule has 0 saturated carbocycles. The van der Waals surface area contributed by atoms with Crippen molar-refractivity contribution >= 4 is 11.6 Å². The SMILES string of the molecule is Cc1c(N)cccc1C(=O)N(C)CCCc1ccccc1. The molecule has 0 aromatic heterocycles. The van der Waals surface area contributed by atoms with Crippen LogP contribution in [0.2, 0.25) is 0 Å². The number of hydrogen-bond donors (Lipinski definition) is 1. The van der Waals surface area contributed by atoms with Gasteiger partial charge < -0.3 is 10.6 Å². The Kier molecular flexibility index (Phi) is 4.99. The maximum absolute atomic E-state index is 12.4. The second-order valence-electron chi connectivity index (χ2n) is 5.34. The Morgan fingerprint density at radius 2 is 1.81 bits per heavy atom. The van der Waals surface area contributed by atoms with Crippen LogP contribution < -0.4 is 5.73 Å². The van der Waals surface area contributed by atoms with Gasteiger partial charge in [-0.1, -0.05) is 36.4 Å². The number of hydrogen-bond acceptors (Lipinski definition) is 2. The predicted octanol–water partition coefficient (Wildman–Crippen LogP) is 3.28. The predicted molar refractivity (Wildman–Crippen MR) is 87.3 cm³/mol. The van der Waals surface area contributed by atoms with Crippen LogP contribution in [0.1, 0.15) is 27.9 Å². The Labute approximate surface area is 126 Å². The zero-order valence-corrected chi connectivity index (χ0v) is 12.7. The zero-order chi connectivity index (χ0) is 15.2. The van der Waals surface area contributed by atoms with Crippen molar-refractivity contribution in [2.24, 2.45) is 0 Å². The summed E-state index contributed by atoms with van der Waals surface area (Å²) < 4.78 is 0. The normalized spacial score (nSPS) is 10.4. The van der Waals surface area contributed by atoms with E-state index in [1.54, 1.807) is 4.90 Å². The lowest BCUT2D eigenvalue weighted by Gasteiger charge is -2.19. The Hall–Kier alpha value is -2.29. The van der Waals surface area contributed by atoms with E-state index in [2.05, 4.69) is 12.1 Å². The molecule has 0 saturated heterocycles. The Morgan fingerprint density at radius 3 is 2.52 bits per heavy atom. The highest BCUT2D eigenvalue weighted by Gasteiger charge is 2.14. The number of carbonyl (C=O) groups excluding carboxylic acids is 1. The monoisotopic (exact) mass is 282 g/mol. The van der Waals surface area contributed by atoms with Gasteiger partial charge >= 0.3 is 0 Å². The molecule has 110 valence electrons. The molecule has 0 atom stereocenters. The molecule has 0 aliphatic carbocycles. The van der Waals surface area contributed by atoms with Crippen LogP contribution >= 0.6 is 0 Å². The number of aryl methyl sites for hydroxylation is 1. The summed E-state index contributed by atoms with van der Waals surface area (Å²) in [6.07, 6.45) is 1.93. The van der Waals surface area contributed by atoms with Gasteiger partial charge in [0.2, 0.25) is 0 Å². The van der Waals surface area contributed by atoms with E-state index in [0.29, 0.717) is 11.3 Å². The van der Waals surface area contributed by atoms with Gasteiger partial charge in [-0.2, -0.15) is 0 Å². The van der Waals surface area contributed by atoms with E-state index in [1.807, 2.05) is 50.4 Å². The molecule has 0 heterocycles. The zero-order valence-electron chi connectivity index (χ0n) is 12.7. The molecular weight excluding hydrogens is 260 g/mol. The first-order valence-corrected chi connectivity index (χ1v) is 7.24. The second kappa shape index (κ2) is 6.93. The minimum absolute atomic E-state index is 0.0351. The molecule has 0 fully saturated rings. The smallest absolute Gasteiger partial charge is 0.253 e. The van der Waals surface area contributed by atoms with E-state index >= 15 is 0 Å². The number of anilines is 1. The van der Waals surface area contributed by atoms with Gasteiger partial charge in [-0.3, -0.25) is 4.79 Å². The molecule has 1 amide bonds. The fourth-order valence-corrected chi connectivity index (χ4v) is 2.36. The maximum atomic E-state index is 12.4. The number of nitrogen functional groups attached to an aromatic ring is 1. The summed E-state index contributed by atoms with van der Waals surface area (Å²) in [6, 6.07) is 15.8. The number of nitrogens with two attached hydrogens (primary N) is 1. The molecule has 0 aliphatic rings. The van der Waals surface area contributed by atoms with Crippen LogP contribution in [0, 0.1) is 6.92 Å². The first-order chi connectivity index (χ1) is 10.1. The third kappa shape index (κ3) is 3.85. The molecule has 0 unspecified atom stereocenters. The van der Waals surface area contributed by atoms with Crippen molar-refractivity contribution in [3.63, 3.8) is 0 Å². The van der Waals surface area contributed by atoms with Crippen molar-refractivity contribution in [1.29, 1.82) is 0 Å². The quantitative estimate of drug-likeness (QED) is 0.855. The van der Waals surface area contributed by atoms with Crippen LogP contribution in [-0.4, -0.2) is 24.4 Å². The van der Waals surface area contributed by atoms with Crippen LogP contribution in [0.4, 0.5) is 5.69 Å². The molecular formula is C18H22N2O. The minimum atomic E-state index is 0.0351. The molecule has 2 rings (SSSR count). The van der Waals surface area contributed by atoms with Gasteiger partial charge in [-0.05, 0) is 43.0 Å². The van der Waals surface area contributed by atoms with Crippen LogP contribution in [0.25, 0.3) is 0 Å². The molecule has 0 radical (unpaired) electrons. The lowest BCUT2D eigenvalue weighted by atomic mass is 10.1. The van der Waals surface area contributed by atoms with Crippen molar-refractivity contribution < 1.29 is 4.79 Å². The van der Waals surface area contributed by atoms with Crippen LogP contribution in [-0.2, 0) is 6.42 Å². The van der Waals surface area contributed by atoms with Gasteiger partial charge in [0.15, 0.2) is 0 Å². The summed E-state index contributed by atoms with van der Waals surface area (Å²) in [7, 11) is 1.84. The maximum Gasteiger partial charge on any atom is 0.253 e. The van der Waals surface area contributed by atoms with Crippen LogP contribution in [0.5, 0.6) is 0 Å². The van der Waals surface area contributed by atoms with Crippen molar-refractivity contribution in [2.45, 2.75) is 19.8 Å². The molecule has 0 spiro atoms. The molecule has 2 aromatic carbocycles. The van der Waals surface area contributed by atoms with Gasteiger partial charge in [0.1, 0.15) is 0 Å². The van der Waals surface area contributed by atoms with Crippen LogP contribution in [0.15, 0.2) is 48.5 Å². The topological polar surface area (TPSA) is 46.3 Å². The van der Waals surface area contributed by atoms with E-state index in [4.69, 9.17) is 5.73 Å². The van der Waals surface area contributed by atoms with Gasteiger partial charge in [0.25, 0.3) is 5.91 Å². The number of benzene rings is 2. The molecule has 0 bridgehead atoms. The van der Waals surface area contributed by atoms with E-state index in [0.717, 1.165) is 24.9 Å². The molecule has 21 heavy (non-hydrogen) atoms. The first-order valence-electron chi connectivity index (χ1n) is 7.24. The van der Waals surface area contributed by atoms with E-state index in [9.17, 15) is 4.79 Å². The minimum Gasteiger partial charge on any atom is -0.398 e. The van der Waals surface area contributed by atoms with Crippen molar-refractivity contribution in [2.75, 3.05) is 19.3 Å². The Morgan fingerprint density at radius 1 is 1.10 bits per heavy atom. The number of carbonyl (C=O) groups is 1. The summed E-state index contributed by atoms with van der Waals surface area (Å²) in [6.45, 7) is 2.63. The van der Waals surface area contributed by atoms with Gasteiger partial charge in [-0.25, -0.2) is 0 Å². The largest absolute Gasteiger partial charge is 0.398 e. The third-order valence-corrected chi connectivity index (χ3v) is 3.75. The van der Waals surface area contributed by atoms with Crippen molar-refractivity contribution in [3.05, 3.63) is 65.2 Å². The molecule has 0 aliphatic heterocycles. The lowest BCUT2D eigenvalue weighted by molar-refractivity contribution is 0.0793. The fourth-order valence-electron chi connectivity index (χ4n) is 2.36. The summed E-state index contributed by atoms with van der Waals surface area (Å²) >= 11 is 0. The van der Waals surface area contributed by atoms with Gasteiger partial charge in [0.05, 0.1) is 0 Å². The fraction of sp³-hybridized carbons (Fsp3) is 0.278. The van der Waals surface area contributed by atoms with E-state index < -0.39 is 0 Å². The third-order valence-electron chi connectivity index (χ3n) is 3.75. The molecule has 2 aromatic rings. The average Bonchev–Trinajstić information content (AvgIpc) is 2.50. The number of nitrogens with zero attached hydrogens (tertiary/aromatic N) is 1. The summed E-state index contributed by atoms with van der Waals surface area (Å²) in [5.41, 5.74) is 9.38. The molecule has 3 nitrogen and oxygen atoms in total. The molecule has 3 heteroatoms. The Balaban J connectivity index is 1.92. The summed E-state index contributed by atoms with van der Waals surface area (Å²) in [5, 5.41) is 0. The van der Waals surface area contributed by atoms with E-state index in [-0.39, 0.29) is 5.91 Å². The van der Waals surface area contributed by atoms with Crippen molar-refractivity contribution in [3.8, 4) is 0 Å². The van der Waals surface area contributed by atoms with Gasteiger partial charge in [-0.15, -0.1) is 0 Å². The summed E-state index contributed by atoms with van der Waals surface area (Å²) in [4.78, 5) is 14.2. The number of rotatable bonds is 5. The van der Waals surface area contributed by atoms with Crippen molar-refractivity contribution in [1.82, 2.24) is 4.90 Å². The highest BCUT2D eigenvalue weighted by atomic mass is 16.2.